The molecule has 0 saturated heterocycles. The Morgan fingerprint density at radius 3 is 2.83 bits per heavy atom. The normalized spacial score (nSPS) is 10.4. The van der Waals surface area contributed by atoms with Gasteiger partial charge in [0.15, 0.2) is 5.82 Å². The van der Waals surface area contributed by atoms with Gasteiger partial charge in [-0.3, -0.25) is 0 Å². The molecule has 0 aliphatic heterocycles. The molecule has 1 rings (SSSR count). The molecule has 0 fully saturated rings. The second kappa shape index (κ2) is 6.10. The van der Waals surface area contributed by atoms with Crippen LogP contribution in [0.25, 0.3) is 0 Å². The van der Waals surface area contributed by atoms with E-state index in [-0.39, 0.29) is 0 Å². The molecule has 1 aromatic rings. The van der Waals surface area contributed by atoms with Gasteiger partial charge in [-0.05, 0) is 26.7 Å². The van der Waals surface area contributed by atoms with Crippen molar-refractivity contribution < 1.29 is 9.53 Å². The van der Waals surface area contributed by atoms with E-state index >= 15 is 0 Å². The number of hydrogen-bond donors (Lipinski definition) is 1. The maximum atomic E-state index is 11.3. The summed E-state index contributed by atoms with van der Waals surface area (Å²) in [4.78, 5) is 15.4. The van der Waals surface area contributed by atoms with Crippen molar-refractivity contribution in [1.82, 2.24) is 14.9 Å². The van der Waals surface area contributed by atoms with Crippen LogP contribution in [-0.4, -0.2) is 27.8 Å². The first-order chi connectivity index (χ1) is 8.38. The molecule has 1 amide bonds. The Balaban J connectivity index is 2.26. The van der Waals surface area contributed by atoms with Crippen LogP contribution in [0.15, 0.2) is 12.4 Å². The van der Waals surface area contributed by atoms with Gasteiger partial charge in [0.05, 0.1) is 0 Å². The molecule has 0 aromatic carbocycles. The molecule has 1 aromatic heterocycles. The summed E-state index contributed by atoms with van der Waals surface area (Å²) in [6.07, 6.45) is 3.68. The van der Waals surface area contributed by atoms with Crippen LogP contribution in [0.4, 0.5) is 4.79 Å². The van der Waals surface area contributed by atoms with Gasteiger partial charge in [-0.2, -0.15) is 0 Å². The fraction of sp³-hybridized carbons (Fsp3) is 0.538. The van der Waals surface area contributed by atoms with Crippen molar-refractivity contribution >= 4 is 6.09 Å². The molecule has 5 nitrogen and oxygen atoms in total. The predicted octanol–water partition coefficient (Wildman–Crippen LogP) is 1.69. The summed E-state index contributed by atoms with van der Waals surface area (Å²) in [5, 5.41) is 2.64. The van der Waals surface area contributed by atoms with Gasteiger partial charge in [-0.1, -0.05) is 5.92 Å². The topological polar surface area (TPSA) is 56.2 Å². The summed E-state index contributed by atoms with van der Waals surface area (Å²) in [5.41, 5.74) is -0.470. The number of aryl methyl sites for hydroxylation is 1. The third kappa shape index (κ3) is 5.39. The van der Waals surface area contributed by atoms with E-state index in [1.165, 1.54) is 0 Å². The summed E-state index contributed by atoms with van der Waals surface area (Å²) < 4.78 is 6.94. The number of rotatable bonds is 2. The minimum Gasteiger partial charge on any atom is -0.444 e. The number of amides is 1. The third-order valence-electron chi connectivity index (χ3n) is 1.94. The van der Waals surface area contributed by atoms with Gasteiger partial charge in [-0.25, -0.2) is 9.78 Å². The van der Waals surface area contributed by atoms with Crippen LogP contribution in [0.1, 0.15) is 33.0 Å². The van der Waals surface area contributed by atoms with Crippen molar-refractivity contribution in [3.63, 3.8) is 0 Å². The molecule has 18 heavy (non-hydrogen) atoms. The summed E-state index contributed by atoms with van der Waals surface area (Å²) in [6.45, 7) is 5.95. The van der Waals surface area contributed by atoms with Gasteiger partial charge in [0, 0.05) is 32.4 Å². The summed E-state index contributed by atoms with van der Waals surface area (Å²) in [5.74, 6) is 6.58. The molecule has 0 spiro atoms. The minimum atomic E-state index is -0.470. The second-order valence-corrected chi connectivity index (χ2v) is 4.84. The van der Waals surface area contributed by atoms with Crippen molar-refractivity contribution in [1.29, 1.82) is 0 Å². The zero-order chi connectivity index (χ0) is 13.6. The largest absolute Gasteiger partial charge is 0.444 e. The lowest BCUT2D eigenvalue weighted by Crippen LogP contribution is -2.32. The van der Waals surface area contributed by atoms with Gasteiger partial charge in [-0.15, -0.1) is 0 Å². The molecular weight excluding hydrogens is 230 g/mol. The zero-order valence-electron chi connectivity index (χ0n) is 11.3. The molecule has 0 atom stereocenters. The number of ether oxygens (including phenoxy) is 1. The number of carbonyl (C=O) groups excluding carboxylic acids is 1. The summed E-state index contributed by atoms with van der Waals surface area (Å²) in [6, 6.07) is 0. The first-order valence-electron chi connectivity index (χ1n) is 5.81. The molecule has 0 aliphatic rings. The first kappa shape index (κ1) is 14.1. The fourth-order valence-electron chi connectivity index (χ4n) is 1.17. The Kier molecular flexibility index (Phi) is 4.78. The summed E-state index contributed by atoms with van der Waals surface area (Å²) >= 11 is 0. The average Bonchev–Trinajstić information content (AvgIpc) is 2.61. The van der Waals surface area contributed by atoms with Crippen molar-refractivity contribution in [2.75, 3.05) is 6.54 Å². The monoisotopic (exact) mass is 249 g/mol. The quantitative estimate of drug-likeness (QED) is 0.641. The van der Waals surface area contributed by atoms with Crippen LogP contribution >= 0.6 is 0 Å². The molecular formula is C13H19N3O2. The van der Waals surface area contributed by atoms with Crippen molar-refractivity contribution in [2.45, 2.75) is 32.8 Å². The highest BCUT2D eigenvalue weighted by molar-refractivity contribution is 5.67. The van der Waals surface area contributed by atoms with E-state index in [0.717, 1.165) is 0 Å². The maximum Gasteiger partial charge on any atom is 0.407 e. The van der Waals surface area contributed by atoms with Crippen LogP contribution in [0.3, 0.4) is 0 Å². The predicted molar refractivity (Wildman–Crippen MR) is 68.9 cm³/mol. The van der Waals surface area contributed by atoms with Gasteiger partial charge in [0.2, 0.25) is 0 Å². The number of carbonyl (C=O) groups is 1. The van der Waals surface area contributed by atoms with Gasteiger partial charge < -0.3 is 14.6 Å². The van der Waals surface area contributed by atoms with Crippen LogP contribution in [0, 0.1) is 11.8 Å². The molecule has 1 heterocycles. The van der Waals surface area contributed by atoms with Crippen molar-refractivity contribution in [3.8, 4) is 11.8 Å². The Labute approximate surface area is 108 Å². The third-order valence-corrected chi connectivity index (χ3v) is 1.94. The van der Waals surface area contributed by atoms with Gasteiger partial charge >= 0.3 is 6.09 Å². The second-order valence-electron chi connectivity index (χ2n) is 4.84. The molecule has 0 saturated carbocycles. The molecule has 1 N–H and O–H groups in total. The Morgan fingerprint density at radius 2 is 2.28 bits per heavy atom. The number of nitrogens with one attached hydrogen (secondary N) is 1. The Morgan fingerprint density at radius 1 is 1.56 bits per heavy atom. The minimum absolute atomic E-state index is 0.415. The van der Waals surface area contributed by atoms with Crippen molar-refractivity contribution in [2.24, 2.45) is 7.05 Å². The SMILES string of the molecule is Cn1ccnc1C#CCCNC(=O)OC(C)(C)C. The van der Waals surface area contributed by atoms with E-state index in [1.54, 1.807) is 6.20 Å². The summed E-state index contributed by atoms with van der Waals surface area (Å²) in [7, 11) is 1.88. The Hall–Kier alpha value is -1.96. The standard InChI is InChI=1S/C13H19N3O2/c1-13(2,3)18-12(17)15-8-6-5-7-11-14-9-10-16(11)4/h9-10H,6,8H2,1-4H3,(H,15,17). The van der Waals surface area contributed by atoms with Crippen LogP contribution in [0.2, 0.25) is 0 Å². The molecule has 0 unspecified atom stereocenters. The van der Waals surface area contributed by atoms with E-state index in [2.05, 4.69) is 22.1 Å². The number of aromatic nitrogens is 2. The number of alkyl carbamates (subject to hydrolysis) is 1. The van der Waals surface area contributed by atoms with Gasteiger partial charge in [0.1, 0.15) is 5.60 Å². The van der Waals surface area contributed by atoms with E-state index in [4.69, 9.17) is 4.74 Å². The lowest BCUT2D eigenvalue weighted by atomic mass is 10.2. The van der Waals surface area contributed by atoms with Crippen molar-refractivity contribution in [3.05, 3.63) is 18.2 Å². The molecule has 5 heteroatoms. The maximum absolute atomic E-state index is 11.3. The molecule has 0 radical (unpaired) electrons. The lowest BCUT2D eigenvalue weighted by molar-refractivity contribution is 0.0529. The highest BCUT2D eigenvalue weighted by Gasteiger charge is 2.15. The van der Waals surface area contributed by atoms with E-state index in [0.29, 0.717) is 18.8 Å². The smallest absolute Gasteiger partial charge is 0.407 e. The van der Waals surface area contributed by atoms with E-state index in [9.17, 15) is 4.79 Å². The number of nitrogens with zero attached hydrogens (tertiary/aromatic N) is 2. The highest BCUT2D eigenvalue weighted by Crippen LogP contribution is 2.06. The number of imidazole rings is 1. The van der Waals surface area contributed by atoms with Crippen LogP contribution in [0.5, 0.6) is 0 Å². The number of hydrogen-bond acceptors (Lipinski definition) is 3. The zero-order valence-corrected chi connectivity index (χ0v) is 11.3. The van der Waals surface area contributed by atoms with Crippen LogP contribution in [-0.2, 0) is 11.8 Å². The van der Waals surface area contributed by atoms with Crippen LogP contribution < -0.4 is 5.32 Å². The molecule has 98 valence electrons. The lowest BCUT2D eigenvalue weighted by Gasteiger charge is -2.19. The first-order valence-corrected chi connectivity index (χ1v) is 5.81. The fourth-order valence-corrected chi connectivity index (χ4v) is 1.17. The Bertz CT molecular complexity index is 461. The molecule has 0 bridgehead atoms. The van der Waals surface area contributed by atoms with Gasteiger partial charge in [0.25, 0.3) is 0 Å². The highest BCUT2D eigenvalue weighted by atomic mass is 16.6. The van der Waals surface area contributed by atoms with E-state index in [1.807, 2.05) is 38.6 Å². The van der Waals surface area contributed by atoms with E-state index < -0.39 is 11.7 Å². The molecule has 0 aliphatic carbocycles. The average molecular weight is 249 g/mol.